The first-order valence-electron chi connectivity index (χ1n) is 12.0. The van der Waals surface area contributed by atoms with Gasteiger partial charge in [-0.25, -0.2) is 0 Å². The van der Waals surface area contributed by atoms with Gasteiger partial charge in [0.2, 0.25) is 0 Å². The Bertz CT molecular complexity index is 902. The van der Waals surface area contributed by atoms with Crippen LogP contribution in [0.1, 0.15) is 45.7 Å². The minimum Gasteiger partial charge on any atom is -0.313 e. The fourth-order valence-electron chi connectivity index (χ4n) is 3.01. The lowest BCUT2D eigenvalue weighted by Gasteiger charge is -2.27. The van der Waals surface area contributed by atoms with Crippen molar-refractivity contribution in [3.05, 3.63) is 96.6 Å². The van der Waals surface area contributed by atoms with Gasteiger partial charge in [0, 0.05) is 17.1 Å². The summed E-state index contributed by atoms with van der Waals surface area (Å²) in [5.74, 6) is 0. The molecule has 0 aliphatic rings. The second-order valence-electron chi connectivity index (χ2n) is 6.73. The van der Waals surface area contributed by atoms with Crippen molar-refractivity contribution >= 4 is 31.7 Å². The van der Waals surface area contributed by atoms with Crippen LogP contribution in [-0.4, -0.2) is 19.8 Å². The van der Waals surface area contributed by atoms with E-state index in [1.54, 1.807) is 0 Å². The Morgan fingerprint density at radius 3 is 1.65 bits per heavy atom. The highest BCUT2D eigenvalue weighted by Gasteiger charge is 2.13. The van der Waals surface area contributed by atoms with Gasteiger partial charge in [-0.15, -0.1) is 0 Å². The minimum atomic E-state index is -1.06. The van der Waals surface area contributed by atoms with Crippen molar-refractivity contribution in [3.63, 3.8) is 0 Å². The molecule has 0 atom stereocenters. The molecule has 5 heteroatoms. The normalized spacial score (nSPS) is 9.97. The molecule has 0 spiro atoms. The van der Waals surface area contributed by atoms with Gasteiger partial charge in [0.05, 0.1) is 19.8 Å². The quantitative estimate of drug-likeness (QED) is 0.270. The second-order valence-corrected chi connectivity index (χ2v) is 7.95. The lowest BCUT2D eigenvalue weighted by molar-refractivity contribution is 0.176. The maximum Gasteiger partial charge on any atom is 0.332 e. The van der Waals surface area contributed by atoms with Crippen molar-refractivity contribution < 1.29 is 13.6 Å². The number of para-hydroxylation sites is 2. The third-order valence-electron chi connectivity index (χ3n) is 4.46. The van der Waals surface area contributed by atoms with Gasteiger partial charge in [0.25, 0.3) is 0 Å². The van der Waals surface area contributed by atoms with E-state index >= 15 is 0 Å². The highest BCUT2D eigenvalue weighted by atomic mass is 31.2. The average Bonchev–Trinajstić information content (AvgIpc) is 2.89. The Morgan fingerprint density at radius 1 is 0.706 bits per heavy atom. The number of nitrogens with zero attached hydrogens (tertiary/aromatic N) is 1. The number of hydrogen-bond acceptors (Lipinski definition) is 4. The van der Waals surface area contributed by atoms with Gasteiger partial charge >= 0.3 is 8.60 Å². The molecule has 0 unspecified atom stereocenters. The van der Waals surface area contributed by atoms with E-state index in [4.69, 9.17) is 13.6 Å². The summed E-state index contributed by atoms with van der Waals surface area (Å²) in [5.41, 5.74) is 5.87. The molecule has 3 aromatic rings. The highest BCUT2D eigenvalue weighted by Crippen LogP contribution is 2.38. The van der Waals surface area contributed by atoms with Crippen LogP contribution in [0.4, 0.5) is 17.1 Å². The Kier molecular flexibility index (Phi) is 15.6. The summed E-state index contributed by atoms with van der Waals surface area (Å²) in [5, 5.41) is 0. The smallest absolute Gasteiger partial charge is 0.313 e. The first-order valence-corrected chi connectivity index (χ1v) is 13.1. The van der Waals surface area contributed by atoms with Gasteiger partial charge in [0.15, 0.2) is 0 Å². The van der Waals surface area contributed by atoms with Crippen LogP contribution in [-0.2, 0) is 13.6 Å². The van der Waals surface area contributed by atoms with E-state index in [2.05, 4.69) is 91.2 Å². The SMILES string of the molecule is C=Cc1ccc(N(c2ccccc2)c2ccccc2C)cc1.CC.CCOP(OCC)OCC. The fourth-order valence-corrected chi connectivity index (χ4v) is 3.86. The molecule has 0 bridgehead atoms. The number of hydrogen-bond donors (Lipinski definition) is 0. The number of benzene rings is 3. The van der Waals surface area contributed by atoms with Crippen LogP contribution in [0.15, 0.2) is 85.4 Å². The van der Waals surface area contributed by atoms with Crippen molar-refractivity contribution in [1.29, 1.82) is 0 Å². The van der Waals surface area contributed by atoms with Crippen LogP contribution in [0.5, 0.6) is 0 Å². The third kappa shape index (κ3) is 9.79. The van der Waals surface area contributed by atoms with Crippen molar-refractivity contribution in [2.45, 2.75) is 41.5 Å². The average molecular weight is 482 g/mol. The van der Waals surface area contributed by atoms with Crippen LogP contribution in [0.2, 0.25) is 0 Å². The number of anilines is 3. The number of rotatable bonds is 10. The zero-order valence-electron chi connectivity index (χ0n) is 21.5. The molecule has 0 N–H and O–H groups in total. The molecular weight excluding hydrogens is 441 g/mol. The zero-order chi connectivity index (χ0) is 25.2. The molecule has 0 heterocycles. The molecule has 0 aliphatic heterocycles. The van der Waals surface area contributed by atoms with Gasteiger partial charge < -0.3 is 18.5 Å². The van der Waals surface area contributed by atoms with Crippen molar-refractivity contribution in [3.8, 4) is 0 Å². The van der Waals surface area contributed by atoms with E-state index in [1.165, 1.54) is 11.3 Å². The summed E-state index contributed by atoms with van der Waals surface area (Å²) in [6, 6.07) is 27.4. The van der Waals surface area contributed by atoms with Gasteiger partial charge in [-0.05, 0) is 69.2 Å². The van der Waals surface area contributed by atoms with E-state index < -0.39 is 8.60 Å². The Labute approximate surface area is 208 Å². The molecule has 0 saturated heterocycles. The number of aryl methyl sites for hydroxylation is 1. The van der Waals surface area contributed by atoms with Crippen molar-refractivity contribution in [2.75, 3.05) is 24.7 Å². The van der Waals surface area contributed by atoms with E-state index in [9.17, 15) is 0 Å². The van der Waals surface area contributed by atoms with E-state index in [0.717, 1.165) is 16.9 Å². The Morgan fingerprint density at radius 2 is 1.18 bits per heavy atom. The van der Waals surface area contributed by atoms with Crippen molar-refractivity contribution in [1.82, 2.24) is 0 Å². The molecule has 0 aromatic heterocycles. The maximum absolute atomic E-state index is 5.14. The predicted octanol–water partition coefficient (Wildman–Crippen LogP) is 9.46. The van der Waals surface area contributed by atoms with Crippen LogP contribution >= 0.6 is 8.60 Å². The van der Waals surface area contributed by atoms with E-state index in [-0.39, 0.29) is 0 Å². The zero-order valence-corrected chi connectivity index (χ0v) is 22.4. The molecule has 0 fully saturated rings. The molecule has 184 valence electrons. The van der Waals surface area contributed by atoms with Gasteiger partial charge in [0.1, 0.15) is 0 Å². The molecule has 34 heavy (non-hydrogen) atoms. The van der Waals surface area contributed by atoms with Crippen LogP contribution < -0.4 is 4.90 Å². The topological polar surface area (TPSA) is 30.9 Å². The fraction of sp³-hybridized carbons (Fsp3) is 0.310. The molecule has 0 saturated carbocycles. The summed E-state index contributed by atoms with van der Waals surface area (Å²) >= 11 is 0. The summed E-state index contributed by atoms with van der Waals surface area (Å²) in [7, 11) is -1.06. The summed E-state index contributed by atoms with van der Waals surface area (Å²) in [6.45, 7) is 17.7. The maximum atomic E-state index is 5.14. The molecule has 0 aliphatic carbocycles. The van der Waals surface area contributed by atoms with Crippen LogP contribution in [0.3, 0.4) is 0 Å². The first-order chi connectivity index (χ1) is 16.6. The standard InChI is InChI=1S/C21H19N.C6H15O3P.C2H6/c1-3-18-13-15-20(16-14-18)22(19-10-5-4-6-11-19)21-12-8-7-9-17(21)2;1-4-7-10(8-5-2)9-6-3;1-2/h3-16H,1H2,2H3;4-6H2,1-3H3;1-2H3. The molecule has 4 nitrogen and oxygen atoms in total. The van der Waals surface area contributed by atoms with Gasteiger partial charge in [-0.2, -0.15) is 0 Å². The largest absolute Gasteiger partial charge is 0.332 e. The molecular formula is C29H40NO3P. The van der Waals surface area contributed by atoms with E-state index in [1.807, 2.05) is 46.8 Å². The highest BCUT2D eigenvalue weighted by molar-refractivity contribution is 7.41. The lowest BCUT2D eigenvalue weighted by atomic mass is 10.1. The molecule has 0 radical (unpaired) electrons. The monoisotopic (exact) mass is 481 g/mol. The van der Waals surface area contributed by atoms with Gasteiger partial charge in [-0.1, -0.05) is 75.0 Å². The van der Waals surface area contributed by atoms with Crippen molar-refractivity contribution in [2.24, 2.45) is 0 Å². The molecule has 3 rings (SSSR count). The minimum absolute atomic E-state index is 0.645. The molecule has 0 amide bonds. The lowest BCUT2D eigenvalue weighted by Crippen LogP contribution is -2.11. The third-order valence-corrected chi connectivity index (χ3v) is 5.87. The Balaban J connectivity index is 0.000000409. The van der Waals surface area contributed by atoms with Crippen LogP contribution in [0, 0.1) is 6.92 Å². The predicted molar refractivity (Wildman–Crippen MR) is 149 cm³/mol. The van der Waals surface area contributed by atoms with Gasteiger partial charge in [-0.3, -0.25) is 0 Å². The summed E-state index contributed by atoms with van der Waals surface area (Å²) < 4.78 is 15.4. The Hall–Kier alpha value is -2.49. The van der Waals surface area contributed by atoms with Crippen LogP contribution in [0.25, 0.3) is 6.08 Å². The molecule has 3 aromatic carbocycles. The summed E-state index contributed by atoms with van der Waals surface area (Å²) in [6.07, 6.45) is 1.87. The summed E-state index contributed by atoms with van der Waals surface area (Å²) in [4.78, 5) is 2.28. The first kappa shape index (κ1) is 29.5. The van der Waals surface area contributed by atoms with E-state index in [0.29, 0.717) is 19.8 Å². The second kappa shape index (κ2) is 17.9.